The lowest BCUT2D eigenvalue weighted by molar-refractivity contribution is 0.0854. The van der Waals surface area contributed by atoms with Crippen LogP contribution < -0.4 is 4.90 Å². The Balaban J connectivity index is 1.33. The minimum atomic E-state index is -0.290. The monoisotopic (exact) mass is 450 g/mol. The first-order chi connectivity index (χ1) is 15.5. The molecule has 1 aliphatic heterocycles. The predicted octanol–water partition coefficient (Wildman–Crippen LogP) is 5.57. The molecule has 6 nitrogen and oxygen atoms in total. The van der Waals surface area contributed by atoms with Gasteiger partial charge in [-0.25, -0.2) is 14.8 Å². The van der Waals surface area contributed by atoms with E-state index in [4.69, 9.17) is 9.72 Å². The van der Waals surface area contributed by atoms with Crippen LogP contribution in [0.3, 0.4) is 0 Å². The lowest BCUT2D eigenvalue weighted by Crippen LogP contribution is -2.46. The van der Waals surface area contributed by atoms with E-state index in [1.165, 1.54) is 16.9 Å². The van der Waals surface area contributed by atoms with Crippen LogP contribution in [-0.4, -0.2) is 47.1 Å². The van der Waals surface area contributed by atoms with E-state index < -0.39 is 0 Å². The number of piperidine rings is 1. The van der Waals surface area contributed by atoms with Gasteiger partial charge < -0.3 is 14.5 Å². The second-order valence-electron chi connectivity index (χ2n) is 8.52. The Kier molecular flexibility index (Phi) is 7.05. The van der Waals surface area contributed by atoms with Crippen molar-refractivity contribution in [1.82, 2.24) is 14.9 Å². The van der Waals surface area contributed by atoms with Gasteiger partial charge in [0.05, 0.1) is 16.9 Å². The summed E-state index contributed by atoms with van der Waals surface area (Å²) in [4.78, 5) is 25.5. The van der Waals surface area contributed by atoms with Gasteiger partial charge in [-0.3, -0.25) is 0 Å². The highest BCUT2D eigenvalue weighted by molar-refractivity contribution is 7.07. The van der Waals surface area contributed by atoms with Crippen molar-refractivity contribution in [1.29, 1.82) is 0 Å². The van der Waals surface area contributed by atoms with Crippen LogP contribution in [0.2, 0.25) is 0 Å². The highest BCUT2D eigenvalue weighted by Gasteiger charge is 2.27. The van der Waals surface area contributed by atoms with E-state index in [-0.39, 0.29) is 18.7 Å². The van der Waals surface area contributed by atoms with E-state index in [1.54, 1.807) is 10.4 Å². The van der Waals surface area contributed by atoms with Crippen LogP contribution in [0.25, 0.3) is 11.3 Å². The Hall–Kier alpha value is -2.93. The Morgan fingerprint density at radius 1 is 1.19 bits per heavy atom. The first-order valence-electron chi connectivity index (χ1n) is 11.1. The number of anilines is 1. The molecule has 0 saturated carbocycles. The lowest BCUT2D eigenvalue weighted by Gasteiger charge is -2.36. The van der Waals surface area contributed by atoms with Crippen LogP contribution in [0.15, 0.2) is 53.4 Å². The van der Waals surface area contributed by atoms with Gasteiger partial charge in [-0.15, -0.1) is 11.3 Å². The first kappa shape index (κ1) is 22.3. The van der Waals surface area contributed by atoms with Crippen molar-refractivity contribution < 1.29 is 9.53 Å². The van der Waals surface area contributed by atoms with E-state index >= 15 is 0 Å². The van der Waals surface area contributed by atoms with Crippen molar-refractivity contribution in [2.45, 2.75) is 45.3 Å². The molecule has 2 aromatic heterocycles. The average molecular weight is 451 g/mol. The molecule has 3 aromatic rings. The number of amides is 1. The summed E-state index contributed by atoms with van der Waals surface area (Å²) >= 11 is 1.50. The van der Waals surface area contributed by atoms with Gasteiger partial charge in [0.15, 0.2) is 0 Å². The summed E-state index contributed by atoms with van der Waals surface area (Å²) in [6.07, 6.45) is 1.48. The zero-order chi connectivity index (χ0) is 22.5. The topological polar surface area (TPSA) is 58.6 Å². The van der Waals surface area contributed by atoms with Gasteiger partial charge >= 0.3 is 6.09 Å². The quantitative estimate of drug-likeness (QED) is 0.492. The third-order valence-electron chi connectivity index (χ3n) is 6.06. The number of rotatable bonds is 6. The molecule has 0 aliphatic carbocycles. The number of carbonyl (C=O) groups excluding carboxylic acids is 1. The maximum Gasteiger partial charge on any atom is 0.410 e. The fraction of sp³-hybridized carbons (Fsp3) is 0.400. The molecule has 1 aromatic carbocycles. The number of aromatic nitrogens is 2. The number of hydrogen-bond donors (Lipinski definition) is 0. The third-order valence-corrected chi connectivity index (χ3v) is 6.69. The predicted molar refractivity (Wildman–Crippen MR) is 129 cm³/mol. The smallest absolute Gasteiger partial charge is 0.410 e. The maximum absolute atomic E-state index is 12.4. The maximum atomic E-state index is 12.4. The largest absolute Gasteiger partial charge is 0.443 e. The van der Waals surface area contributed by atoms with E-state index in [1.807, 2.05) is 12.4 Å². The third kappa shape index (κ3) is 5.27. The minimum absolute atomic E-state index is 0.168. The summed E-state index contributed by atoms with van der Waals surface area (Å²) in [5.41, 5.74) is 5.99. The minimum Gasteiger partial charge on any atom is -0.443 e. The van der Waals surface area contributed by atoms with Crippen LogP contribution in [-0.2, 0) is 11.3 Å². The Bertz CT molecular complexity index is 1010. The van der Waals surface area contributed by atoms with Gasteiger partial charge in [-0.05, 0) is 36.5 Å². The first-order valence-corrected chi connectivity index (χ1v) is 12.0. The van der Waals surface area contributed by atoms with Gasteiger partial charge in [0, 0.05) is 37.1 Å². The Labute approximate surface area is 193 Å². The second-order valence-corrected chi connectivity index (χ2v) is 9.24. The highest BCUT2D eigenvalue weighted by atomic mass is 32.1. The molecule has 0 spiro atoms. The Morgan fingerprint density at radius 2 is 1.94 bits per heavy atom. The van der Waals surface area contributed by atoms with E-state index in [0.29, 0.717) is 5.92 Å². The van der Waals surface area contributed by atoms with Gasteiger partial charge in [0.2, 0.25) is 0 Å². The highest BCUT2D eigenvalue weighted by Crippen LogP contribution is 2.26. The van der Waals surface area contributed by atoms with Crippen molar-refractivity contribution >= 4 is 23.2 Å². The average Bonchev–Trinajstić information content (AvgIpc) is 3.36. The summed E-state index contributed by atoms with van der Waals surface area (Å²) in [5, 5.41) is 1.89. The molecule has 4 rings (SSSR count). The number of benzene rings is 1. The molecule has 1 amide bonds. The van der Waals surface area contributed by atoms with E-state index in [9.17, 15) is 4.79 Å². The molecular weight excluding hydrogens is 420 g/mol. The molecule has 168 valence electrons. The van der Waals surface area contributed by atoms with Gasteiger partial charge in [0.1, 0.15) is 12.4 Å². The molecule has 3 heterocycles. The van der Waals surface area contributed by atoms with Crippen LogP contribution >= 0.6 is 11.3 Å². The lowest BCUT2D eigenvalue weighted by atomic mass is 10.0. The molecule has 1 saturated heterocycles. The van der Waals surface area contributed by atoms with Crippen LogP contribution in [0, 0.1) is 0 Å². The summed E-state index contributed by atoms with van der Waals surface area (Å²) in [7, 11) is 1.82. The number of carbonyl (C=O) groups is 1. The number of pyridine rings is 1. The van der Waals surface area contributed by atoms with Crippen LogP contribution in [0.5, 0.6) is 0 Å². The molecular formula is C25H30N4O2S. The molecule has 0 unspecified atom stereocenters. The number of ether oxygens (including phenoxy) is 1. The summed E-state index contributed by atoms with van der Waals surface area (Å²) in [6, 6.07) is 15.0. The molecule has 1 fully saturated rings. The van der Waals surface area contributed by atoms with Crippen molar-refractivity contribution in [3.05, 3.63) is 64.6 Å². The van der Waals surface area contributed by atoms with Gasteiger partial charge in [-0.1, -0.05) is 44.2 Å². The molecule has 0 N–H and O–H groups in total. The molecule has 0 atom stereocenters. The van der Waals surface area contributed by atoms with Crippen molar-refractivity contribution in [2.75, 3.05) is 25.0 Å². The molecule has 1 aliphatic rings. The van der Waals surface area contributed by atoms with Gasteiger partial charge in [-0.2, -0.15) is 0 Å². The molecule has 32 heavy (non-hydrogen) atoms. The number of nitrogens with zero attached hydrogens (tertiary/aromatic N) is 4. The zero-order valence-electron chi connectivity index (χ0n) is 18.9. The fourth-order valence-electron chi connectivity index (χ4n) is 3.98. The summed E-state index contributed by atoms with van der Waals surface area (Å²) in [5.74, 6) is 1.51. The number of hydrogen-bond acceptors (Lipinski definition) is 6. The van der Waals surface area contributed by atoms with E-state index in [0.717, 1.165) is 48.7 Å². The fourth-order valence-corrected chi connectivity index (χ4v) is 4.52. The molecule has 0 bridgehead atoms. The standard InChI is InChI=1S/C25H30N4O2S/c1-18(2)19-7-9-20(10-8-19)23-5-4-6-24(27-23)29-13-11-22(12-14-29)28(3)25(30)31-15-21-16-32-17-26-21/h4-10,16-18,22H,11-15H2,1-3H3. The Morgan fingerprint density at radius 3 is 2.59 bits per heavy atom. The van der Waals surface area contributed by atoms with Gasteiger partial charge in [0.25, 0.3) is 0 Å². The van der Waals surface area contributed by atoms with Crippen molar-refractivity contribution in [3.8, 4) is 11.3 Å². The van der Waals surface area contributed by atoms with E-state index in [2.05, 4.69) is 66.2 Å². The number of thiazole rings is 1. The summed E-state index contributed by atoms with van der Waals surface area (Å²) < 4.78 is 5.41. The molecule has 0 radical (unpaired) electrons. The normalized spacial score (nSPS) is 14.6. The second kappa shape index (κ2) is 10.1. The summed E-state index contributed by atoms with van der Waals surface area (Å²) in [6.45, 7) is 6.35. The van der Waals surface area contributed by atoms with Crippen LogP contribution in [0.1, 0.15) is 43.9 Å². The van der Waals surface area contributed by atoms with Crippen molar-refractivity contribution in [2.24, 2.45) is 0 Å². The van der Waals surface area contributed by atoms with Crippen LogP contribution in [0.4, 0.5) is 10.6 Å². The molecule has 7 heteroatoms. The zero-order valence-corrected chi connectivity index (χ0v) is 19.7. The van der Waals surface area contributed by atoms with Crippen molar-refractivity contribution in [3.63, 3.8) is 0 Å². The SMILES string of the molecule is CC(C)c1ccc(-c2cccc(N3CCC(N(C)C(=O)OCc4cscn4)CC3)n2)cc1.